The van der Waals surface area contributed by atoms with E-state index < -0.39 is 92.9 Å². The van der Waals surface area contributed by atoms with Crippen LogP contribution >= 0.6 is 13.4 Å². The molecule has 2 saturated heterocycles. The van der Waals surface area contributed by atoms with Gasteiger partial charge in [-0.3, -0.25) is 29.0 Å². The van der Waals surface area contributed by atoms with Gasteiger partial charge in [-0.25, -0.2) is 15.0 Å². The number of amides is 1. The fourth-order valence-corrected chi connectivity index (χ4v) is 9.59. The third-order valence-electron chi connectivity index (χ3n) is 8.46. The van der Waals surface area contributed by atoms with Crippen molar-refractivity contribution >= 4 is 60.1 Å². The Morgan fingerprint density at radius 3 is 2.73 bits per heavy atom. The summed E-state index contributed by atoms with van der Waals surface area (Å²) in [5.74, 6) is -1.50. The number of anilines is 1. The van der Waals surface area contributed by atoms with E-state index in [1.165, 1.54) is 17.1 Å². The van der Waals surface area contributed by atoms with Crippen molar-refractivity contribution in [1.82, 2.24) is 29.5 Å². The number of fused-ring (bicyclic) bond motifs is 4. The maximum atomic E-state index is 13.7. The molecule has 3 fully saturated rings. The maximum Gasteiger partial charge on any atom is 0.411 e. The summed E-state index contributed by atoms with van der Waals surface area (Å²) in [5, 5.41) is 11.7. The number of hydrogen-bond donors (Lipinski definition) is 3. The van der Waals surface area contributed by atoms with Gasteiger partial charge in [-0.15, -0.1) is 0 Å². The van der Waals surface area contributed by atoms with E-state index in [2.05, 4.69) is 30.2 Å². The van der Waals surface area contributed by atoms with Crippen LogP contribution in [-0.4, -0.2) is 103 Å². The van der Waals surface area contributed by atoms with Crippen LogP contribution < -0.4 is 15.6 Å². The number of H-pyrrole nitrogens is 1. The van der Waals surface area contributed by atoms with Crippen molar-refractivity contribution in [3.8, 4) is 11.9 Å². The summed E-state index contributed by atoms with van der Waals surface area (Å²) in [6.07, 6.45) is -8.17. The fourth-order valence-electron chi connectivity index (χ4n) is 5.97. The molecule has 3 aromatic rings. The van der Waals surface area contributed by atoms with Crippen LogP contribution in [0.3, 0.4) is 0 Å². The summed E-state index contributed by atoms with van der Waals surface area (Å²) in [6.45, 7) is -7.93. The Labute approximate surface area is 320 Å². The van der Waals surface area contributed by atoms with Gasteiger partial charge in [0, 0.05) is 30.5 Å². The van der Waals surface area contributed by atoms with Crippen LogP contribution in [0.25, 0.3) is 11.2 Å². The predicted molar refractivity (Wildman–Crippen MR) is 189 cm³/mol. The summed E-state index contributed by atoms with van der Waals surface area (Å²) >= 11 is 11.2. The summed E-state index contributed by atoms with van der Waals surface area (Å²) in [5.41, 5.74) is -1.15. The first-order chi connectivity index (χ1) is 26.0. The Hall–Kier alpha value is -3.04. The van der Waals surface area contributed by atoms with Gasteiger partial charge in [-0.1, -0.05) is 13.8 Å². The Balaban J connectivity index is 1.39. The molecular weight excluding hydrogens is 819 g/mol. The van der Waals surface area contributed by atoms with Gasteiger partial charge in [-0.2, -0.15) is 23.4 Å². The number of nitriles is 1. The first kappa shape index (κ1) is 41.6. The Morgan fingerprint density at radius 1 is 1.22 bits per heavy atom. The lowest BCUT2D eigenvalue weighted by molar-refractivity contribution is -0.196. The van der Waals surface area contributed by atoms with Crippen LogP contribution in [0.1, 0.15) is 39.3 Å². The minimum Gasteiger partial charge on any atom is -0.474 e. The van der Waals surface area contributed by atoms with Gasteiger partial charge in [0.15, 0.2) is 17.4 Å². The zero-order valence-electron chi connectivity index (χ0n) is 28.9. The topological polar surface area (TPSA) is 236 Å². The van der Waals surface area contributed by atoms with Gasteiger partial charge in [0.05, 0.1) is 44.7 Å². The summed E-state index contributed by atoms with van der Waals surface area (Å²) in [6, 6.07) is 3.47. The summed E-state index contributed by atoms with van der Waals surface area (Å²) < 4.78 is 89.8. The second-order valence-electron chi connectivity index (χ2n) is 12.8. The normalized spacial score (nSPS) is 31.6. The molecule has 1 unspecified atom stereocenters. The predicted octanol–water partition coefficient (Wildman–Crippen LogP) is 3.40. The lowest BCUT2D eigenvalue weighted by Gasteiger charge is -2.31. The molecule has 300 valence electrons. The summed E-state index contributed by atoms with van der Waals surface area (Å²) in [7, 11) is 0. The maximum absolute atomic E-state index is 13.7. The van der Waals surface area contributed by atoms with Gasteiger partial charge in [0.25, 0.3) is 5.56 Å². The highest BCUT2D eigenvalue weighted by molar-refractivity contribution is 8.07. The molecule has 19 nitrogen and oxygen atoms in total. The third kappa shape index (κ3) is 10.5. The van der Waals surface area contributed by atoms with Crippen LogP contribution in [0.5, 0.6) is 5.88 Å². The van der Waals surface area contributed by atoms with Crippen molar-refractivity contribution in [2.75, 3.05) is 31.7 Å². The first-order valence-corrected chi connectivity index (χ1v) is 21.8. The van der Waals surface area contributed by atoms with Crippen LogP contribution in [-0.2, 0) is 60.5 Å². The number of imidazole rings is 1. The number of rotatable bonds is 10. The third-order valence-corrected chi connectivity index (χ3v) is 12.4. The van der Waals surface area contributed by atoms with Gasteiger partial charge in [0.1, 0.15) is 37.4 Å². The van der Waals surface area contributed by atoms with Gasteiger partial charge < -0.3 is 37.2 Å². The molecule has 55 heavy (non-hydrogen) atoms. The largest absolute Gasteiger partial charge is 0.474 e. The lowest BCUT2D eigenvalue weighted by atomic mass is 10.1. The van der Waals surface area contributed by atoms with Crippen LogP contribution in [0.4, 0.5) is 19.1 Å². The molecule has 0 spiro atoms. The number of hydrogen-bond acceptors (Lipinski definition) is 17. The molecule has 26 heteroatoms. The van der Waals surface area contributed by atoms with Crippen molar-refractivity contribution in [2.45, 2.75) is 76.0 Å². The zero-order chi connectivity index (χ0) is 39.5. The number of nitrogens with zero attached hydrogens (tertiary/aromatic N) is 6. The Bertz CT molecular complexity index is 2040. The molecule has 2 aliphatic heterocycles. The van der Waals surface area contributed by atoms with Gasteiger partial charge in [-0.05, 0) is 30.0 Å². The molecule has 5 heterocycles. The highest BCUT2D eigenvalue weighted by atomic mass is 32.5. The standard InChI is InChI=1S/C29H35F3N8O11P2S2/c1-15(2)25(41)38-28-37-24-21(26(42)39-28)36-14-40(24)27-23-22(44-12-29(30,31)32)19(49-27)11-46-52(43,54)50-18-9-17(48-20-4-6-34-13-35-20)8-16(18)10-47-53(55,51-23)45-7-3-5-33/h4,6,13-19,22-23,27H,3,7-12H2,1-2H3,(H,43,54)(H2,37,38,39,41,42)/t16-,17-,18+,19-,22-,23-,27-,52?,53+/m1/s1. The van der Waals surface area contributed by atoms with E-state index in [-0.39, 0.29) is 55.5 Å². The number of carbonyl (C=O) groups is 1. The number of aromatic amines is 1. The quantitative estimate of drug-likeness (QED) is 0.196. The molecular formula is C29H35F3N8O11P2S2. The van der Waals surface area contributed by atoms with Gasteiger partial charge in [0.2, 0.25) is 17.7 Å². The van der Waals surface area contributed by atoms with Crippen LogP contribution in [0.15, 0.2) is 29.7 Å². The zero-order valence-corrected chi connectivity index (χ0v) is 32.4. The van der Waals surface area contributed by atoms with E-state index in [1.54, 1.807) is 19.9 Å². The first-order valence-electron chi connectivity index (χ1n) is 16.7. The van der Waals surface area contributed by atoms with E-state index in [0.717, 1.165) is 6.33 Å². The molecule has 1 saturated carbocycles. The molecule has 1 aliphatic carbocycles. The molecule has 3 N–H and O–H groups in total. The van der Waals surface area contributed by atoms with E-state index in [1.807, 2.05) is 6.07 Å². The van der Waals surface area contributed by atoms with E-state index >= 15 is 0 Å². The number of aromatic nitrogens is 6. The number of halogens is 3. The lowest BCUT2D eigenvalue weighted by Crippen LogP contribution is -2.40. The van der Waals surface area contributed by atoms with Crippen LogP contribution in [0, 0.1) is 23.2 Å². The molecule has 3 aromatic heterocycles. The van der Waals surface area contributed by atoms with Crippen molar-refractivity contribution in [1.29, 1.82) is 5.26 Å². The number of nitrogens with one attached hydrogen (secondary N) is 2. The van der Waals surface area contributed by atoms with Crippen molar-refractivity contribution in [2.24, 2.45) is 11.8 Å². The molecule has 1 amide bonds. The SMILES string of the molecule is CC(C)C(=O)Nc1nc2c(ncn2[C@@H]2O[C@@H]3COP(O)(=S)O[C@H]4C[C@H](Oc5ccncn5)C[C@@H]4CO[P@@](=S)(OCCC#N)O[C@@H]2[C@@H]3OCC(F)(F)F)c(=O)[nH]1. The average molecular weight is 855 g/mol. The Morgan fingerprint density at radius 2 is 2.02 bits per heavy atom. The second kappa shape index (κ2) is 17.2. The van der Waals surface area contributed by atoms with E-state index in [4.69, 9.17) is 60.4 Å². The minimum atomic E-state index is -4.83. The molecule has 3 aliphatic rings. The molecule has 2 bridgehead atoms. The number of alkyl halides is 3. The number of carbonyl (C=O) groups excluding carboxylic acids is 1. The average Bonchev–Trinajstić information content (AvgIpc) is 3.80. The second-order valence-corrected chi connectivity index (χ2v) is 18.6. The highest BCUT2D eigenvalue weighted by Gasteiger charge is 2.53. The van der Waals surface area contributed by atoms with E-state index in [9.17, 15) is 32.9 Å². The molecule has 0 aromatic carbocycles. The highest BCUT2D eigenvalue weighted by Crippen LogP contribution is 2.57. The molecule has 0 radical (unpaired) electrons. The van der Waals surface area contributed by atoms with Crippen LogP contribution in [0.2, 0.25) is 0 Å². The van der Waals surface area contributed by atoms with E-state index in [0.29, 0.717) is 0 Å². The van der Waals surface area contributed by atoms with Gasteiger partial charge >= 0.3 is 19.6 Å². The molecule has 6 rings (SSSR count). The van der Waals surface area contributed by atoms with Crippen molar-refractivity contribution in [3.05, 3.63) is 35.3 Å². The van der Waals surface area contributed by atoms with Crippen molar-refractivity contribution in [3.63, 3.8) is 0 Å². The van der Waals surface area contributed by atoms with Crippen molar-refractivity contribution < 1.29 is 59.7 Å². The number of ether oxygens (including phenoxy) is 3. The Kier molecular flexibility index (Phi) is 13.0. The smallest absolute Gasteiger partial charge is 0.411 e. The molecule has 9 atom stereocenters. The summed E-state index contributed by atoms with van der Waals surface area (Å²) in [4.78, 5) is 55.5. The monoisotopic (exact) mass is 854 g/mol. The fraction of sp³-hybridized carbons (Fsp3) is 0.621. The minimum absolute atomic E-state index is 0.151.